The number of methoxy groups -OCH3 is 2. The van der Waals surface area contributed by atoms with Gasteiger partial charge in [-0.1, -0.05) is 0 Å². The van der Waals surface area contributed by atoms with Crippen LogP contribution in [-0.2, 0) is 11.3 Å². The van der Waals surface area contributed by atoms with E-state index in [0.717, 1.165) is 57.1 Å². The molecule has 1 aromatic carbocycles. The van der Waals surface area contributed by atoms with Crippen LogP contribution in [0.25, 0.3) is 0 Å². The van der Waals surface area contributed by atoms with Crippen LogP contribution in [0.5, 0.6) is 11.5 Å². The molecule has 1 aromatic rings. The molecule has 0 saturated carbocycles. The highest BCUT2D eigenvalue weighted by Crippen LogP contribution is 2.27. The fraction of sp³-hybridized carbons (Fsp3) is 0.650. The summed E-state index contributed by atoms with van der Waals surface area (Å²) in [5.41, 5.74) is 1.23. The van der Waals surface area contributed by atoms with Crippen molar-refractivity contribution in [1.82, 2.24) is 4.90 Å². The van der Waals surface area contributed by atoms with E-state index in [2.05, 4.69) is 17.0 Å². The van der Waals surface area contributed by atoms with Crippen molar-refractivity contribution in [2.24, 2.45) is 5.92 Å². The molecular formula is C20H31N2O3+. The van der Waals surface area contributed by atoms with Gasteiger partial charge in [0, 0.05) is 18.7 Å². The minimum absolute atomic E-state index is 0.196. The molecule has 1 unspecified atom stereocenters. The number of quaternary nitrogens is 1. The van der Waals surface area contributed by atoms with Gasteiger partial charge in [-0.3, -0.25) is 4.79 Å². The first-order valence-corrected chi connectivity index (χ1v) is 9.54. The standard InChI is InChI=1S/C20H30N2O3/c1-24-18-9-8-16(13-19(18)25-2)14-21-10-6-7-17(15-21)20(23)22-11-4-3-5-12-22/h8-9,13,17H,3-7,10-12,14-15H2,1-2H3/p+1/t17-/m1/s1. The number of carbonyl (C=O) groups is 1. The number of piperidine rings is 2. The van der Waals surface area contributed by atoms with Crippen LogP contribution in [-0.4, -0.2) is 51.2 Å². The van der Waals surface area contributed by atoms with E-state index in [0.29, 0.717) is 5.91 Å². The van der Waals surface area contributed by atoms with E-state index >= 15 is 0 Å². The van der Waals surface area contributed by atoms with Gasteiger partial charge in [0.1, 0.15) is 6.54 Å². The van der Waals surface area contributed by atoms with Crippen LogP contribution in [0.2, 0.25) is 0 Å². The lowest BCUT2D eigenvalue weighted by atomic mass is 9.95. The summed E-state index contributed by atoms with van der Waals surface area (Å²) in [6, 6.07) is 6.13. The largest absolute Gasteiger partial charge is 0.493 e. The molecule has 2 aliphatic rings. The normalized spacial score (nSPS) is 24.0. The maximum atomic E-state index is 12.8. The summed E-state index contributed by atoms with van der Waals surface area (Å²) in [5, 5.41) is 0. The van der Waals surface area contributed by atoms with Crippen LogP contribution in [0.4, 0.5) is 0 Å². The van der Waals surface area contributed by atoms with E-state index in [9.17, 15) is 4.79 Å². The molecule has 5 heteroatoms. The molecule has 2 atom stereocenters. The summed E-state index contributed by atoms with van der Waals surface area (Å²) in [6.07, 6.45) is 5.78. The Morgan fingerprint density at radius 2 is 1.88 bits per heavy atom. The second-order valence-corrected chi connectivity index (χ2v) is 7.30. The van der Waals surface area contributed by atoms with Gasteiger partial charge in [0.05, 0.1) is 33.2 Å². The first-order valence-electron chi connectivity index (χ1n) is 9.54. The number of rotatable bonds is 5. The second kappa shape index (κ2) is 8.56. The lowest BCUT2D eigenvalue weighted by Gasteiger charge is -2.34. The van der Waals surface area contributed by atoms with Crippen LogP contribution in [0.1, 0.15) is 37.7 Å². The summed E-state index contributed by atoms with van der Waals surface area (Å²) in [5.74, 6) is 2.13. The van der Waals surface area contributed by atoms with Crippen LogP contribution in [0, 0.1) is 5.92 Å². The average Bonchev–Trinajstić information content (AvgIpc) is 2.68. The van der Waals surface area contributed by atoms with Crippen LogP contribution >= 0.6 is 0 Å². The third-order valence-corrected chi connectivity index (χ3v) is 5.54. The Kier molecular flexibility index (Phi) is 6.19. The predicted molar refractivity (Wildman–Crippen MR) is 97.1 cm³/mol. The molecule has 5 nitrogen and oxygen atoms in total. The number of ether oxygens (including phenoxy) is 2. The van der Waals surface area contributed by atoms with Gasteiger partial charge in [-0.2, -0.15) is 0 Å². The molecule has 0 bridgehead atoms. The highest BCUT2D eigenvalue weighted by Gasteiger charge is 2.32. The Morgan fingerprint density at radius 3 is 2.60 bits per heavy atom. The van der Waals surface area contributed by atoms with E-state index < -0.39 is 0 Å². The molecule has 138 valence electrons. The van der Waals surface area contributed by atoms with Crippen molar-refractivity contribution >= 4 is 5.91 Å². The number of hydrogen-bond donors (Lipinski definition) is 1. The van der Waals surface area contributed by atoms with Crippen molar-refractivity contribution in [3.8, 4) is 11.5 Å². The molecule has 2 fully saturated rings. The third-order valence-electron chi connectivity index (χ3n) is 5.54. The monoisotopic (exact) mass is 347 g/mol. The van der Waals surface area contributed by atoms with E-state index in [-0.39, 0.29) is 5.92 Å². The molecule has 0 radical (unpaired) electrons. The fourth-order valence-electron chi connectivity index (χ4n) is 4.17. The zero-order chi connectivity index (χ0) is 17.6. The number of nitrogens with zero attached hydrogens (tertiary/aromatic N) is 1. The van der Waals surface area contributed by atoms with Gasteiger partial charge < -0.3 is 19.3 Å². The van der Waals surface area contributed by atoms with E-state index in [1.807, 2.05) is 6.07 Å². The molecular weight excluding hydrogens is 316 g/mol. The van der Waals surface area contributed by atoms with Crippen molar-refractivity contribution < 1.29 is 19.2 Å². The molecule has 25 heavy (non-hydrogen) atoms. The summed E-state index contributed by atoms with van der Waals surface area (Å²) >= 11 is 0. The summed E-state index contributed by atoms with van der Waals surface area (Å²) in [7, 11) is 3.33. The van der Waals surface area contributed by atoms with Gasteiger partial charge in [0.15, 0.2) is 11.5 Å². The molecule has 2 saturated heterocycles. The minimum atomic E-state index is 0.196. The van der Waals surface area contributed by atoms with Crippen LogP contribution < -0.4 is 14.4 Å². The van der Waals surface area contributed by atoms with E-state index in [4.69, 9.17) is 9.47 Å². The Balaban J connectivity index is 1.60. The number of benzene rings is 1. The average molecular weight is 347 g/mol. The number of carbonyl (C=O) groups excluding carboxylic acids is 1. The quantitative estimate of drug-likeness (QED) is 0.878. The maximum absolute atomic E-state index is 12.8. The predicted octanol–water partition coefficient (Wildman–Crippen LogP) is 1.51. The minimum Gasteiger partial charge on any atom is -0.493 e. The Hall–Kier alpha value is -1.75. The topological polar surface area (TPSA) is 43.2 Å². The Labute approximate surface area is 150 Å². The smallest absolute Gasteiger partial charge is 0.231 e. The molecule has 0 aliphatic carbocycles. The van der Waals surface area contributed by atoms with Gasteiger partial charge in [-0.15, -0.1) is 0 Å². The Morgan fingerprint density at radius 1 is 1.12 bits per heavy atom. The third kappa shape index (κ3) is 4.46. The Bertz CT molecular complexity index is 584. The van der Waals surface area contributed by atoms with Crippen LogP contribution in [0.15, 0.2) is 18.2 Å². The second-order valence-electron chi connectivity index (χ2n) is 7.30. The van der Waals surface area contributed by atoms with Crippen LogP contribution in [0.3, 0.4) is 0 Å². The molecule has 3 rings (SSSR count). The number of amides is 1. The SMILES string of the molecule is COc1ccc(C[NH+]2CCC[C@@H](C(=O)N3CCCCC3)C2)cc1OC. The fourth-order valence-corrected chi connectivity index (χ4v) is 4.17. The van der Waals surface area contributed by atoms with E-state index in [1.54, 1.807) is 14.2 Å². The molecule has 2 aliphatic heterocycles. The zero-order valence-corrected chi connectivity index (χ0v) is 15.6. The first kappa shape index (κ1) is 18.1. The van der Waals surface area contributed by atoms with E-state index in [1.165, 1.54) is 29.7 Å². The van der Waals surface area contributed by atoms with Gasteiger partial charge >= 0.3 is 0 Å². The number of likely N-dealkylation sites (tertiary alicyclic amines) is 2. The van der Waals surface area contributed by atoms with Crippen molar-refractivity contribution in [3.05, 3.63) is 23.8 Å². The molecule has 1 N–H and O–H groups in total. The highest BCUT2D eigenvalue weighted by molar-refractivity contribution is 5.79. The maximum Gasteiger partial charge on any atom is 0.231 e. The lowest BCUT2D eigenvalue weighted by Crippen LogP contribution is -3.12. The molecule has 2 heterocycles. The summed E-state index contributed by atoms with van der Waals surface area (Å²) < 4.78 is 10.7. The summed E-state index contributed by atoms with van der Waals surface area (Å²) in [4.78, 5) is 16.4. The van der Waals surface area contributed by atoms with Crippen molar-refractivity contribution in [2.75, 3.05) is 40.4 Å². The van der Waals surface area contributed by atoms with Crippen molar-refractivity contribution in [2.45, 2.75) is 38.6 Å². The summed E-state index contributed by atoms with van der Waals surface area (Å²) in [6.45, 7) is 4.94. The molecule has 1 amide bonds. The number of hydrogen-bond acceptors (Lipinski definition) is 3. The first-order chi connectivity index (χ1) is 12.2. The zero-order valence-electron chi connectivity index (χ0n) is 15.6. The van der Waals surface area contributed by atoms with Crippen molar-refractivity contribution in [3.63, 3.8) is 0 Å². The number of nitrogens with one attached hydrogen (secondary N) is 1. The van der Waals surface area contributed by atoms with Gasteiger partial charge in [-0.25, -0.2) is 0 Å². The van der Waals surface area contributed by atoms with Gasteiger partial charge in [0.25, 0.3) is 0 Å². The lowest BCUT2D eigenvalue weighted by molar-refractivity contribution is -0.921. The van der Waals surface area contributed by atoms with Crippen molar-refractivity contribution in [1.29, 1.82) is 0 Å². The van der Waals surface area contributed by atoms with Gasteiger partial charge in [-0.05, 0) is 50.3 Å². The van der Waals surface area contributed by atoms with Gasteiger partial charge in [0.2, 0.25) is 5.91 Å². The molecule has 0 aromatic heterocycles. The highest BCUT2D eigenvalue weighted by atomic mass is 16.5. The molecule has 0 spiro atoms.